The van der Waals surface area contributed by atoms with E-state index in [4.69, 9.17) is 8.60 Å². The van der Waals surface area contributed by atoms with Gasteiger partial charge in [0.25, 0.3) is 0 Å². The highest BCUT2D eigenvalue weighted by Crippen LogP contribution is 2.28. The molecule has 1 aliphatic rings. The van der Waals surface area contributed by atoms with Crippen LogP contribution >= 0.6 is 0 Å². The van der Waals surface area contributed by atoms with Gasteiger partial charge in [-0.2, -0.15) is 8.42 Å². The van der Waals surface area contributed by atoms with Crippen molar-refractivity contribution in [1.82, 2.24) is 0 Å². The summed E-state index contributed by atoms with van der Waals surface area (Å²) in [5.74, 6) is 0.315. The molecule has 0 saturated carbocycles. The van der Waals surface area contributed by atoms with Crippen molar-refractivity contribution in [2.75, 3.05) is 0 Å². The molecule has 1 heterocycles. The van der Waals surface area contributed by atoms with Crippen LogP contribution in [-0.2, 0) is 23.0 Å². The molecular formula is C18H14O5S. The Morgan fingerprint density at radius 2 is 1.75 bits per heavy atom. The molecule has 0 bridgehead atoms. The Hall–Kier alpha value is -2.60. The van der Waals surface area contributed by atoms with Crippen LogP contribution in [0.2, 0.25) is 0 Å². The Bertz CT molecular complexity index is 1100. The Kier molecular flexibility index (Phi) is 3.42. The van der Waals surface area contributed by atoms with Crippen molar-refractivity contribution in [3.05, 3.63) is 70.1 Å². The van der Waals surface area contributed by atoms with Gasteiger partial charge in [0.05, 0.1) is 0 Å². The molecule has 0 fully saturated rings. The van der Waals surface area contributed by atoms with E-state index >= 15 is 0 Å². The maximum absolute atomic E-state index is 12.5. The van der Waals surface area contributed by atoms with Crippen molar-refractivity contribution in [2.24, 2.45) is 0 Å². The first kappa shape index (κ1) is 15.0. The zero-order valence-electron chi connectivity index (χ0n) is 12.7. The van der Waals surface area contributed by atoms with E-state index in [2.05, 4.69) is 0 Å². The van der Waals surface area contributed by atoms with Crippen LogP contribution in [0, 0.1) is 0 Å². The summed E-state index contributed by atoms with van der Waals surface area (Å²) in [6.45, 7) is 0. The number of rotatable bonds is 3. The van der Waals surface area contributed by atoms with Crippen LogP contribution in [0.15, 0.2) is 62.6 Å². The molecule has 3 aromatic rings. The third-order valence-corrected chi connectivity index (χ3v) is 5.40. The van der Waals surface area contributed by atoms with E-state index in [9.17, 15) is 13.2 Å². The van der Waals surface area contributed by atoms with Crippen molar-refractivity contribution < 1.29 is 17.0 Å². The van der Waals surface area contributed by atoms with Crippen LogP contribution in [0.25, 0.3) is 11.0 Å². The van der Waals surface area contributed by atoms with E-state index in [0.29, 0.717) is 16.7 Å². The van der Waals surface area contributed by atoms with Crippen molar-refractivity contribution >= 4 is 21.1 Å². The van der Waals surface area contributed by atoms with E-state index < -0.39 is 15.7 Å². The molecular weight excluding hydrogens is 328 g/mol. The molecule has 4 rings (SSSR count). The normalized spacial score (nSPS) is 13.8. The van der Waals surface area contributed by atoms with Gasteiger partial charge in [0, 0.05) is 11.5 Å². The second-order valence-corrected chi connectivity index (χ2v) is 7.32. The Balaban J connectivity index is 1.69. The molecule has 0 N–H and O–H groups in total. The lowest BCUT2D eigenvalue weighted by molar-refractivity contribution is 0.486. The fraction of sp³-hybridized carbons (Fsp3) is 0.167. The van der Waals surface area contributed by atoms with Gasteiger partial charge in [-0.25, -0.2) is 4.79 Å². The van der Waals surface area contributed by atoms with Gasteiger partial charge >= 0.3 is 15.7 Å². The molecule has 0 atom stereocenters. The van der Waals surface area contributed by atoms with Gasteiger partial charge in [0.1, 0.15) is 16.2 Å². The quantitative estimate of drug-likeness (QED) is 0.540. The Morgan fingerprint density at radius 3 is 2.62 bits per heavy atom. The highest BCUT2D eigenvalue weighted by Gasteiger charge is 2.19. The average molecular weight is 342 g/mol. The summed E-state index contributed by atoms with van der Waals surface area (Å²) in [4.78, 5) is 11.2. The molecule has 0 unspecified atom stereocenters. The topological polar surface area (TPSA) is 73.6 Å². The van der Waals surface area contributed by atoms with Crippen molar-refractivity contribution in [2.45, 2.75) is 24.2 Å². The van der Waals surface area contributed by atoms with Crippen molar-refractivity contribution in [1.29, 1.82) is 0 Å². The number of aryl methyl sites for hydroxylation is 2. The smallest absolute Gasteiger partial charge is 0.339 e. The fourth-order valence-corrected chi connectivity index (χ4v) is 3.94. The van der Waals surface area contributed by atoms with Gasteiger partial charge in [-0.3, -0.25) is 0 Å². The van der Waals surface area contributed by atoms with E-state index in [1.54, 1.807) is 12.1 Å². The maximum Gasteiger partial charge on any atom is 0.339 e. The number of hydrogen-bond donors (Lipinski definition) is 0. The minimum atomic E-state index is -3.95. The summed E-state index contributed by atoms with van der Waals surface area (Å²) in [6.07, 6.45) is 3.06. The predicted octanol–water partition coefficient (Wildman–Crippen LogP) is 3.05. The SMILES string of the molecule is O=c1ccc2cc(S(=O)(=O)Oc3ccc4c(c3)CCC4)ccc2o1. The van der Waals surface area contributed by atoms with Crippen LogP contribution in [-0.4, -0.2) is 8.42 Å². The highest BCUT2D eigenvalue weighted by atomic mass is 32.2. The van der Waals surface area contributed by atoms with Crippen LogP contribution in [0.1, 0.15) is 17.5 Å². The van der Waals surface area contributed by atoms with Gasteiger partial charge in [0.15, 0.2) is 0 Å². The predicted molar refractivity (Wildman–Crippen MR) is 88.8 cm³/mol. The zero-order valence-corrected chi connectivity index (χ0v) is 13.5. The minimum absolute atomic E-state index is 0.0179. The molecule has 0 aliphatic heterocycles. The van der Waals surface area contributed by atoms with Gasteiger partial charge in [-0.05, 0) is 66.8 Å². The van der Waals surface area contributed by atoms with E-state index in [1.807, 2.05) is 6.07 Å². The lowest BCUT2D eigenvalue weighted by Gasteiger charge is -2.09. The molecule has 1 aliphatic carbocycles. The third-order valence-electron chi connectivity index (χ3n) is 4.16. The molecule has 6 heteroatoms. The summed E-state index contributed by atoms with van der Waals surface area (Å²) in [5, 5.41) is 0.522. The van der Waals surface area contributed by atoms with Crippen LogP contribution < -0.4 is 9.81 Å². The first-order valence-corrected chi connectivity index (χ1v) is 9.02. The third kappa shape index (κ3) is 2.69. The standard InChI is InChI=1S/C18H14O5S/c19-18-9-5-14-11-16(7-8-17(14)22-18)24(20,21)23-15-6-4-12-2-1-3-13(12)10-15/h4-11H,1-3H2. The average Bonchev–Trinajstić information content (AvgIpc) is 3.01. The van der Waals surface area contributed by atoms with Crippen LogP contribution in [0.4, 0.5) is 0 Å². The number of hydrogen-bond acceptors (Lipinski definition) is 5. The molecule has 2 aromatic carbocycles. The Morgan fingerprint density at radius 1 is 0.917 bits per heavy atom. The molecule has 0 radical (unpaired) electrons. The zero-order chi connectivity index (χ0) is 16.7. The van der Waals surface area contributed by atoms with Crippen LogP contribution in [0.5, 0.6) is 5.75 Å². The number of benzene rings is 2. The Labute approximate surface area is 138 Å². The van der Waals surface area contributed by atoms with E-state index in [0.717, 1.165) is 24.8 Å². The molecule has 0 amide bonds. The molecule has 24 heavy (non-hydrogen) atoms. The monoisotopic (exact) mass is 342 g/mol. The summed E-state index contributed by atoms with van der Waals surface area (Å²) >= 11 is 0. The van der Waals surface area contributed by atoms with Crippen molar-refractivity contribution in [3.8, 4) is 5.75 Å². The molecule has 0 saturated heterocycles. The van der Waals surface area contributed by atoms with Gasteiger partial charge in [0.2, 0.25) is 0 Å². The lowest BCUT2D eigenvalue weighted by Crippen LogP contribution is -2.10. The number of fused-ring (bicyclic) bond motifs is 2. The van der Waals surface area contributed by atoms with Gasteiger partial charge in [-0.1, -0.05) is 6.07 Å². The van der Waals surface area contributed by atoms with E-state index in [-0.39, 0.29) is 4.90 Å². The first-order valence-electron chi connectivity index (χ1n) is 7.61. The van der Waals surface area contributed by atoms with Crippen molar-refractivity contribution in [3.63, 3.8) is 0 Å². The minimum Gasteiger partial charge on any atom is -0.423 e. The molecule has 0 spiro atoms. The summed E-state index contributed by atoms with van der Waals surface area (Å²) in [5.41, 5.74) is 2.25. The van der Waals surface area contributed by atoms with E-state index in [1.165, 1.54) is 35.9 Å². The summed E-state index contributed by atoms with van der Waals surface area (Å²) in [6, 6.07) is 12.4. The van der Waals surface area contributed by atoms with Crippen LogP contribution in [0.3, 0.4) is 0 Å². The largest absolute Gasteiger partial charge is 0.423 e. The molecule has 122 valence electrons. The van der Waals surface area contributed by atoms with Gasteiger partial charge in [-0.15, -0.1) is 0 Å². The fourth-order valence-electron chi connectivity index (χ4n) is 2.98. The first-order chi connectivity index (χ1) is 11.5. The lowest BCUT2D eigenvalue weighted by atomic mass is 10.1. The highest BCUT2D eigenvalue weighted by molar-refractivity contribution is 7.87. The molecule has 5 nitrogen and oxygen atoms in total. The summed E-state index contributed by atoms with van der Waals surface area (Å²) < 4.78 is 35.3. The second-order valence-electron chi connectivity index (χ2n) is 5.78. The molecule has 1 aromatic heterocycles. The second kappa shape index (κ2) is 5.49. The summed E-state index contributed by atoms with van der Waals surface area (Å²) in [7, 11) is -3.95. The van der Waals surface area contributed by atoms with Gasteiger partial charge < -0.3 is 8.60 Å². The maximum atomic E-state index is 12.5.